The van der Waals surface area contributed by atoms with Crippen LogP contribution in [0.2, 0.25) is 0 Å². The molecule has 0 saturated heterocycles. The number of hydrogen-bond donors (Lipinski definition) is 1. The summed E-state index contributed by atoms with van der Waals surface area (Å²) in [5.41, 5.74) is 8.42. The highest BCUT2D eigenvalue weighted by Crippen LogP contribution is 2.57. The number of hydrogen-bond acceptors (Lipinski definition) is 1. The predicted molar refractivity (Wildman–Crippen MR) is 70.1 cm³/mol. The molecular weight excluding hydrogens is 194 g/mol. The van der Waals surface area contributed by atoms with Gasteiger partial charge in [-0.2, -0.15) is 0 Å². The summed E-state index contributed by atoms with van der Waals surface area (Å²) in [7, 11) is 0. The van der Waals surface area contributed by atoms with Gasteiger partial charge >= 0.3 is 0 Å². The van der Waals surface area contributed by atoms with Crippen LogP contribution in [-0.2, 0) is 0 Å². The number of rotatable bonds is 2. The van der Waals surface area contributed by atoms with Crippen LogP contribution in [0.25, 0.3) is 0 Å². The summed E-state index contributed by atoms with van der Waals surface area (Å²) in [5.74, 6) is 2.00. The van der Waals surface area contributed by atoms with E-state index in [9.17, 15) is 0 Å². The molecule has 0 aliphatic heterocycles. The van der Waals surface area contributed by atoms with Crippen molar-refractivity contribution < 1.29 is 0 Å². The van der Waals surface area contributed by atoms with E-state index < -0.39 is 0 Å². The smallest absolute Gasteiger partial charge is 0.00962 e. The second-order valence-corrected chi connectivity index (χ2v) is 6.67. The largest absolute Gasteiger partial charge is 0.327 e. The fourth-order valence-electron chi connectivity index (χ4n) is 4.20. The molecule has 1 heteroatoms. The van der Waals surface area contributed by atoms with Crippen LogP contribution >= 0.6 is 0 Å². The van der Waals surface area contributed by atoms with Gasteiger partial charge in [-0.1, -0.05) is 32.9 Å². The van der Waals surface area contributed by atoms with Crippen molar-refractivity contribution in [1.29, 1.82) is 0 Å². The molecule has 0 aromatic rings. The molecule has 1 nitrogen and oxygen atoms in total. The molecule has 2 N–H and O–H groups in total. The Hall–Kier alpha value is -0.300. The Bertz CT molecular complexity index is 281. The van der Waals surface area contributed by atoms with E-state index in [1.54, 1.807) is 0 Å². The van der Waals surface area contributed by atoms with Crippen molar-refractivity contribution in [3.8, 4) is 0 Å². The molecule has 92 valence electrons. The first-order valence-electron chi connectivity index (χ1n) is 6.89. The zero-order chi connectivity index (χ0) is 11.9. The van der Waals surface area contributed by atoms with Crippen molar-refractivity contribution in [3.05, 3.63) is 12.2 Å². The topological polar surface area (TPSA) is 26.0 Å². The maximum Gasteiger partial charge on any atom is 0.00962 e. The highest BCUT2D eigenvalue weighted by Gasteiger charge is 2.49. The van der Waals surface area contributed by atoms with Crippen LogP contribution < -0.4 is 5.73 Å². The average Bonchev–Trinajstić information content (AvgIpc) is 2.55. The third-order valence-electron chi connectivity index (χ3n) is 5.18. The van der Waals surface area contributed by atoms with Gasteiger partial charge in [0.25, 0.3) is 0 Å². The molecule has 16 heavy (non-hydrogen) atoms. The lowest BCUT2D eigenvalue weighted by Crippen LogP contribution is -2.41. The minimum Gasteiger partial charge on any atom is -0.327 e. The number of allylic oxidation sites excluding steroid dienone is 1. The first kappa shape index (κ1) is 12.2. The van der Waals surface area contributed by atoms with E-state index in [0.29, 0.717) is 29.2 Å². The Morgan fingerprint density at radius 1 is 1.38 bits per heavy atom. The van der Waals surface area contributed by atoms with Gasteiger partial charge in [-0.05, 0) is 55.3 Å². The minimum atomic E-state index is 0.363. The van der Waals surface area contributed by atoms with E-state index in [-0.39, 0.29) is 0 Å². The third kappa shape index (κ3) is 1.84. The summed E-state index contributed by atoms with van der Waals surface area (Å²) in [6.45, 7) is 11.3. The second-order valence-electron chi connectivity index (χ2n) is 6.67. The van der Waals surface area contributed by atoms with E-state index in [2.05, 4.69) is 27.4 Å². The van der Waals surface area contributed by atoms with Gasteiger partial charge in [0.15, 0.2) is 0 Å². The molecule has 0 amide bonds. The molecule has 2 saturated carbocycles. The Kier molecular flexibility index (Phi) is 3.18. The lowest BCUT2D eigenvalue weighted by atomic mass is 9.64. The second kappa shape index (κ2) is 4.18. The Labute approximate surface area is 100 Å². The Morgan fingerprint density at radius 3 is 2.69 bits per heavy atom. The molecular formula is C15H27N. The van der Waals surface area contributed by atoms with Crippen LogP contribution in [0.15, 0.2) is 12.2 Å². The molecule has 2 aliphatic carbocycles. The van der Waals surface area contributed by atoms with Gasteiger partial charge in [0.1, 0.15) is 0 Å². The zero-order valence-corrected chi connectivity index (χ0v) is 11.1. The zero-order valence-electron chi connectivity index (χ0n) is 11.1. The maximum absolute atomic E-state index is 6.41. The molecule has 0 aromatic heterocycles. The molecule has 0 bridgehead atoms. The maximum atomic E-state index is 6.41. The van der Waals surface area contributed by atoms with E-state index in [1.165, 1.54) is 37.7 Å². The molecule has 0 unspecified atom stereocenters. The monoisotopic (exact) mass is 221 g/mol. The van der Waals surface area contributed by atoms with Crippen molar-refractivity contribution in [2.45, 2.75) is 58.9 Å². The van der Waals surface area contributed by atoms with Crippen molar-refractivity contribution in [2.75, 3.05) is 0 Å². The van der Waals surface area contributed by atoms with Gasteiger partial charge in [0.05, 0.1) is 0 Å². The summed E-state index contributed by atoms with van der Waals surface area (Å²) in [6, 6.07) is 0.363. The molecule has 0 aromatic carbocycles. The molecule has 2 fully saturated rings. The summed E-state index contributed by atoms with van der Waals surface area (Å²) < 4.78 is 0. The lowest BCUT2D eigenvalue weighted by molar-refractivity contribution is 0.156. The van der Waals surface area contributed by atoms with Crippen LogP contribution in [-0.4, -0.2) is 6.04 Å². The fourth-order valence-corrected chi connectivity index (χ4v) is 4.20. The molecule has 0 radical (unpaired) electrons. The first-order chi connectivity index (χ1) is 7.46. The van der Waals surface area contributed by atoms with Gasteiger partial charge in [-0.25, -0.2) is 0 Å². The van der Waals surface area contributed by atoms with E-state index >= 15 is 0 Å². The van der Waals surface area contributed by atoms with Crippen molar-refractivity contribution in [1.82, 2.24) is 0 Å². The molecule has 2 rings (SSSR count). The molecule has 0 heterocycles. The lowest BCUT2D eigenvalue weighted by Gasteiger charge is -2.42. The fraction of sp³-hybridized carbons (Fsp3) is 0.867. The predicted octanol–water partition coefficient (Wildman–Crippen LogP) is 3.74. The highest BCUT2D eigenvalue weighted by atomic mass is 14.7. The summed E-state index contributed by atoms with van der Waals surface area (Å²) >= 11 is 0. The van der Waals surface area contributed by atoms with Gasteiger partial charge in [-0.15, -0.1) is 0 Å². The number of nitrogens with two attached hydrogens (primary N) is 1. The average molecular weight is 221 g/mol. The van der Waals surface area contributed by atoms with Gasteiger partial charge in [0.2, 0.25) is 0 Å². The van der Waals surface area contributed by atoms with E-state index in [1.807, 2.05) is 0 Å². The summed E-state index contributed by atoms with van der Waals surface area (Å²) in [4.78, 5) is 0. The SMILES string of the molecule is C=C1CCC[C@@]2(C)CC[C@H]([C@H](N)C(C)C)[C@@H]12. The standard InChI is InChI=1S/C15H27N/c1-10(2)14(16)12-7-9-15(4)8-5-6-11(3)13(12)15/h10,12-14H,3,5-9,16H2,1-2,4H3/t12-,13+,14+,15-/m0/s1. The van der Waals surface area contributed by atoms with Gasteiger partial charge < -0.3 is 5.73 Å². The van der Waals surface area contributed by atoms with Gasteiger partial charge in [0, 0.05) is 6.04 Å². The summed E-state index contributed by atoms with van der Waals surface area (Å²) in [6.07, 6.45) is 6.65. The minimum absolute atomic E-state index is 0.363. The van der Waals surface area contributed by atoms with E-state index in [4.69, 9.17) is 5.73 Å². The molecule has 0 spiro atoms. The first-order valence-corrected chi connectivity index (χ1v) is 6.89. The Balaban J connectivity index is 2.21. The van der Waals surface area contributed by atoms with Crippen LogP contribution in [0.5, 0.6) is 0 Å². The van der Waals surface area contributed by atoms with Crippen LogP contribution in [0.4, 0.5) is 0 Å². The van der Waals surface area contributed by atoms with Crippen molar-refractivity contribution in [3.63, 3.8) is 0 Å². The summed E-state index contributed by atoms with van der Waals surface area (Å²) in [5, 5.41) is 0. The number of fused-ring (bicyclic) bond motifs is 1. The van der Waals surface area contributed by atoms with Crippen LogP contribution in [0, 0.1) is 23.2 Å². The van der Waals surface area contributed by atoms with Crippen molar-refractivity contribution in [2.24, 2.45) is 28.9 Å². The normalized spacial score (nSPS) is 41.2. The van der Waals surface area contributed by atoms with E-state index in [0.717, 1.165) is 0 Å². The van der Waals surface area contributed by atoms with Crippen LogP contribution in [0.3, 0.4) is 0 Å². The quantitative estimate of drug-likeness (QED) is 0.706. The van der Waals surface area contributed by atoms with Gasteiger partial charge in [-0.3, -0.25) is 0 Å². The Morgan fingerprint density at radius 2 is 2.06 bits per heavy atom. The third-order valence-corrected chi connectivity index (χ3v) is 5.18. The molecule has 4 atom stereocenters. The van der Waals surface area contributed by atoms with Crippen LogP contribution in [0.1, 0.15) is 52.9 Å². The molecule has 2 aliphatic rings. The highest BCUT2D eigenvalue weighted by molar-refractivity contribution is 5.16. The van der Waals surface area contributed by atoms with Crippen molar-refractivity contribution >= 4 is 0 Å².